The predicted molar refractivity (Wildman–Crippen MR) is 87.8 cm³/mol. The third-order valence-electron chi connectivity index (χ3n) is 2.75. The first kappa shape index (κ1) is 16.3. The Bertz CT molecular complexity index is 696. The number of rotatable bonds is 6. The fourth-order valence-corrected chi connectivity index (χ4v) is 3.84. The van der Waals surface area contributed by atoms with Crippen molar-refractivity contribution >= 4 is 40.5 Å². The van der Waals surface area contributed by atoms with Crippen LogP contribution in [0.1, 0.15) is 35.6 Å². The molecule has 2 aromatic heterocycles. The number of aromatic amines is 1. The number of H-pyrrole nitrogens is 1. The highest BCUT2D eigenvalue weighted by Crippen LogP contribution is 2.27. The van der Waals surface area contributed by atoms with Crippen molar-refractivity contribution < 1.29 is 4.79 Å². The van der Waals surface area contributed by atoms with Gasteiger partial charge in [-0.1, -0.05) is 36.7 Å². The van der Waals surface area contributed by atoms with Gasteiger partial charge in [-0.15, -0.1) is 11.3 Å². The maximum atomic E-state index is 12.3. The number of aromatic nitrogens is 2. The molecule has 112 valence electrons. The highest BCUT2D eigenvalue weighted by atomic mass is 35.5. The Balaban J connectivity index is 2.13. The normalized spacial score (nSPS) is 12.3. The van der Waals surface area contributed by atoms with Gasteiger partial charge in [0, 0.05) is 11.8 Å². The molecule has 0 fully saturated rings. The van der Waals surface area contributed by atoms with Crippen molar-refractivity contribution in [2.75, 3.05) is 0 Å². The molecule has 0 aromatic carbocycles. The summed E-state index contributed by atoms with van der Waals surface area (Å²) in [6.45, 7) is 3.83. The van der Waals surface area contributed by atoms with Gasteiger partial charge in [-0.05, 0) is 25.5 Å². The molecule has 0 amide bonds. The first-order chi connectivity index (χ1) is 9.99. The maximum Gasteiger partial charge on any atom is 0.251 e. The van der Waals surface area contributed by atoms with Crippen LogP contribution in [0.5, 0.6) is 0 Å². The van der Waals surface area contributed by atoms with Gasteiger partial charge in [-0.25, -0.2) is 4.98 Å². The number of carbonyl (C=O) groups excluding carboxylic acids is 1. The van der Waals surface area contributed by atoms with Crippen molar-refractivity contribution in [3.8, 4) is 0 Å². The summed E-state index contributed by atoms with van der Waals surface area (Å²) < 4.78 is 0.590. The van der Waals surface area contributed by atoms with Crippen LogP contribution in [-0.4, -0.2) is 21.0 Å². The SMILES string of the molecule is CCCc1cc(=O)[nH]c(SC(C)C(=O)c2ccc(Cl)s2)n1. The molecule has 2 rings (SSSR count). The fourth-order valence-electron chi connectivity index (χ4n) is 1.79. The zero-order chi connectivity index (χ0) is 15.4. The first-order valence-electron chi connectivity index (χ1n) is 6.56. The van der Waals surface area contributed by atoms with Gasteiger partial charge in [0.25, 0.3) is 5.56 Å². The summed E-state index contributed by atoms with van der Waals surface area (Å²) in [5.74, 6) is -0.0135. The molecule has 0 bridgehead atoms. The number of halogens is 1. The van der Waals surface area contributed by atoms with Gasteiger partial charge >= 0.3 is 0 Å². The molecular formula is C14H15ClN2O2S2. The molecule has 0 aliphatic rings. The summed E-state index contributed by atoms with van der Waals surface area (Å²) in [7, 11) is 0. The minimum atomic E-state index is -0.334. The second-order valence-corrected chi connectivity index (χ2v) is 7.56. The van der Waals surface area contributed by atoms with E-state index in [9.17, 15) is 9.59 Å². The molecule has 7 heteroatoms. The number of nitrogens with one attached hydrogen (secondary N) is 1. The van der Waals surface area contributed by atoms with Crippen LogP contribution in [-0.2, 0) is 6.42 Å². The molecule has 1 unspecified atom stereocenters. The standard InChI is InChI=1S/C14H15ClN2O2S2/c1-3-4-9-7-12(18)17-14(16-9)20-8(2)13(19)10-5-6-11(15)21-10/h5-8H,3-4H2,1-2H3,(H,16,17,18). The molecule has 4 nitrogen and oxygen atoms in total. The van der Waals surface area contributed by atoms with E-state index in [1.54, 1.807) is 19.1 Å². The second-order valence-electron chi connectivity index (χ2n) is 4.52. The van der Waals surface area contributed by atoms with Crippen LogP contribution in [0.2, 0.25) is 4.34 Å². The van der Waals surface area contributed by atoms with Crippen LogP contribution in [0.3, 0.4) is 0 Å². The summed E-state index contributed by atoms with van der Waals surface area (Å²) in [6, 6.07) is 4.92. The maximum absolute atomic E-state index is 12.3. The van der Waals surface area contributed by atoms with E-state index in [2.05, 4.69) is 9.97 Å². The van der Waals surface area contributed by atoms with Crippen molar-refractivity contribution in [1.29, 1.82) is 0 Å². The van der Waals surface area contributed by atoms with E-state index in [1.807, 2.05) is 6.92 Å². The topological polar surface area (TPSA) is 62.8 Å². The lowest BCUT2D eigenvalue weighted by molar-refractivity contribution is 0.0997. The number of ketones is 1. The van der Waals surface area contributed by atoms with E-state index in [0.29, 0.717) is 14.4 Å². The van der Waals surface area contributed by atoms with Gasteiger partial charge in [0.2, 0.25) is 0 Å². The Kier molecular flexibility index (Phi) is 5.61. The average Bonchev–Trinajstić information content (AvgIpc) is 2.84. The van der Waals surface area contributed by atoms with Crippen LogP contribution in [0.15, 0.2) is 28.2 Å². The monoisotopic (exact) mass is 342 g/mol. The minimum absolute atomic E-state index is 0.0135. The lowest BCUT2D eigenvalue weighted by Crippen LogP contribution is -2.15. The Morgan fingerprint density at radius 1 is 1.52 bits per heavy atom. The third kappa shape index (κ3) is 4.43. The van der Waals surface area contributed by atoms with E-state index in [-0.39, 0.29) is 16.6 Å². The molecule has 1 atom stereocenters. The molecule has 0 saturated carbocycles. The Morgan fingerprint density at radius 3 is 2.90 bits per heavy atom. The molecule has 0 aliphatic carbocycles. The number of carbonyl (C=O) groups is 1. The molecule has 21 heavy (non-hydrogen) atoms. The van der Waals surface area contributed by atoms with E-state index in [4.69, 9.17) is 11.6 Å². The van der Waals surface area contributed by atoms with Gasteiger partial charge < -0.3 is 4.98 Å². The summed E-state index contributed by atoms with van der Waals surface area (Å²) in [4.78, 5) is 31.5. The molecular weight excluding hydrogens is 328 g/mol. The minimum Gasteiger partial charge on any atom is -0.301 e. The van der Waals surface area contributed by atoms with Crippen molar-refractivity contribution in [3.63, 3.8) is 0 Å². The predicted octanol–water partition coefficient (Wildman–Crippen LogP) is 3.80. The summed E-state index contributed by atoms with van der Waals surface area (Å²) in [5.41, 5.74) is 0.567. The van der Waals surface area contributed by atoms with Crippen LogP contribution < -0.4 is 5.56 Å². The van der Waals surface area contributed by atoms with Crippen molar-refractivity contribution in [2.24, 2.45) is 0 Å². The van der Waals surface area contributed by atoms with E-state index < -0.39 is 0 Å². The van der Waals surface area contributed by atoms with E-state index in [0.717, 1.165) is 18.5 Å². The van der Waals surface area contributed by atoms with Crippen LogP contribution in [0.25, 0.3) is 0 Å². The molecule has 1 N–H and O–H groups in total. The van der Waals surface area contributed by atoms with Crippen molar-refractivity contribution in [1.82, 2.24) is 9.97 Å². The number of Topliss-reactive ketones (excluding diaryl/α,β-unsaturated/α-hetero) is 1. The zero-order valence-corrected chi connectivity index (χ0v) is 14.1. The smallest absolute Gasteiger partial charge is 0.251 e. The van der Waals surface area contributed by atoms with Gasteiger partial charge in [0.1, 0.15) is 0 Å². The van der Waals surface area contributed by atoms with Gasteiger partial charge in [0.15, 0.2) is 10.9 Å². The number of nitrogens with zero attached hydrogens (tertiary/aromatic N) is 1. The number of aryl methyl sites for hydroxylation is 1. The van der Waals surface area contributed by atoms with Crippen LogP contribution in [0.4, 0.5) is 0 Å². The molecule has 0 radical (unpaired) electrons. The molecule has 0 saturated heterocycles. The lowest BCUT2D eigenvalue weighted by Gasteiger charge is -2.08. The lowest BCUT2D eigenvalue weighted by atomic mass is 10.2. The summed E-state index contributed by atoms with van der Waals surface area (Å²) >= 11 is 8.36. The highest BCUT2D eigenvalue weighted by Gasteiger charge is 2.19. The van der Waals surface area contributed by atoms with Gasteiger partial charge in [0.05, 0.1) is 14.5 Å². The van der Waals surface area contributed by atoms with Crippen molar-refractivity contribution in [3.05, 3.63) is 43.5 Å². The second kappa shape index (κ2) is 7.24. The number of hydrogen-bond acceptors (Lipinski definition) is 5. The molecule has 0 spiro atoms. The van der Waals surface area contributed by atoms with Crippen LogP contribution >= 0.6 is 34.7 Å². The van der Waals surface area contributed by atoms with E-state index in [1.165, 1.54) is 29.2 Å². The highest BCUT2D eigenvalue weighted by molar-refractivity contribution is 8.00. The van der Waals surface area contributed by atoms with Gasteiger partial charge in [-0.2, -0.15) is 0 Å². The first-order valence-corrected chi connectivity index (χ1v) is 8.63. The van der Waals surface area contributed by atoms with Gasteiger partial charge in [-0.3, -0.25) is 9.59 Å². The number of thioether (sulfide) groups is 1. The van der Waals surface area contributed by atoms with Crippen LogP contribution in [0, 0.1) is 0 Å². The fraction of sp³-hybridized carbons (Fsp3) is 0.357. The average molecular weight is 343 g/mol. The number of thiophene rings is 1. The summed E-state index contributed by atoms with van der Waals surface area (Å²) in [5, 5.41) is 0.147. The Labute approximate surface area is 136 Å². The van der Waals surface area contributed by atoms with E-state index >= 15 is 0 Å². The van der Waals surface area contributed by atoms with Crippen molar-refractivity contribution in [2.45, 2.75) is 37.1 Å². The Morgan fingerprint density at radius 2 is 2.29 bits per heavy atom. The third-order valence-corrected chi connectivity index (χ3v) is 4.98. The molecule has 0 aliphatic heterocycles. The quantitative estimate of drug-likeness (QED) is 0.492. The Hall–Kier alpha value is -1.11. The largest absolute Gasteiger partial charge is 0.301 e. The molecule has 2 heterocycles. The molecule has 2 aromatic rings. The number of hydrogen-bond donors (Lipinski definition) is 1. The summed E-state index contributed by atoms with van der Waals surface area (Å²) in [6.07, 6.45) is 1.67. The zero-order valence-electron chi connectivity index (χ0n) is 11.7.